The second kappa shape index (κ2) is 4.94. The molecule has 15 heavy (non-hydrogen) atoms. The highest BCUT2D eigenvalue weighted by Crippen LogP contribution is 2.14. The van der Waals surface area contributed by atoms with Gasteiger partial charge in [-0.2, -0.15) is 0 Å². The molecule has 2 heterocycles. The molecule has 86 valence electrons. The maximum atomic E-state index is 11.9. The number of piperidine rings is 1. The maximum Gasteiger partial charge on any atom is 0.237 e. The van der Waals surface area contributed by atoms with Crippen LogP contribution in [0.25, 0.3) is 0 Å². The molecule has 2 fully saturated rings. The summed E-state index contributed by atoms with van der Waals surface area (Å²) in [7, 11) is 0. The first-order valence-electron chi connectivity index (χ1n) is 5.93. The van der Waals surface area contributed by atoms with Crippen molar-refractivity contribution >= 4 is 5.91 Å². The SMILES string of the molecule is CC1OCCC1NC(=O)[C@@H]1CCCCN1. The minimum Gasteiger partial charge on any atom is -0.376 e. The third-order valence-electron chi connectivity index (χ3n) is 3.33. The van der Waals surface area contributed by atoms with E-state index in [2.05, 4.69) is 10.6 Å². The van der Waals surface area contributed by atoms with E-state index >= 15 is 0 Å². The minimum absolute atomic E-state index is 0.0200. The number of hydrogen-bond donors (Lipinski definition) is 2. The highest BCUT2D eigenvalue weighted by molar-refractivity contribution is 5.82. The quantitative estimate of drug-likeness (QED) is 0.697. The van der Waals surface area contributed by atoms with Crippen molar-refractivity contribution < 1.29 is 9.53 Å². The van der Waals surface area contributed by atoms with Gasteiger partial charge in [-0.1, -0.05) is 6.42 Å². The largest absolute Gasteiger partial charge is 0.376 e. The molecule has 4 heteroatoms. The lowest BCUT2D eigenvalue weighted by molar-refractivity contribution is -0.124. The van der Waals surface area contributed by atoms with Crippen molar-refractivity contribution in [3.8, 4) is 0 Å². The van der Waals surface area contributed by atoms with Crippen molar-refractivity contribution in [2.24, 2.45) is 0 Å². The molecule has 0 bridgehead atoms. The van der Waals surface area contributed by atoms with Crippen LogP contribution in [0, 0.1) is 0 Å². The fourth-order valence-electron chi connectivity index (χ4n) is 2.28. The Morgan fingerprint density at radius 2 is 2.27 bits per heavy atom. The molecule has 4 nitrogen and oxygen atoms in total. The van der Waals surface area contributed by atoms with E-state index in [4.69, 9.17) is 4.74 Å². The van der Waals surface area contributed by atoms with E-state index in [0.29, 0.717) is 0 Å². The van der Waals surface area contributed by atoms with E-state index < -0.39 is 0 Å². The molecular formula is C11H20N2O2. The van der Waals surface area contributed by atoms with Gasteiger partial charge in [-0.15, -0.1) is 0 Å². The number of carbonyl (C=O) groups is 1. The number of rotatable bonds is 2. The predicted molar refractivity (Wildman–Crippen MR) is 57.6 cm³/mol. The Balaban J connectivity index is 1.80. The van der Waals surface area contributed by atoms with E-state index in [1.54, 1.807) is 0 Å². The first kappa shape index (κ1) is 10.9. The zero-order valence-corrected chi connectivity index (χ0v) is 9.29. The van der Waals surface area contributed by atoms with Crippen LogP contribution in [0.15, 0.2) is 0 Å². The van der Waals surface area contributed by atoms with Gasteiger partial charge in [0.05, 0.1) is 18.2 Å². The highest BCUT2D eigenvalue weighted by Gasteiger charge is 2.28. The lowest BCUT2D eigenvalue weighted by Crippen LogP contribution is -2.51. The molecular weight excluding hydrogens is 192 g/mol. The van der Waals surface area contributed by atoms with Crippen molar-refractivity contribution in [3.05, 3.63) is 0 Å². The molecule has 1 amide bonds. The van der Waals surface area contributed by atoms with E-state index in [0.717, 1.165) is 32.4 Å². The van der Waals surface area contributed by atoms with Crippen LogP contribution in [-0.2, 0) is 9.53 Å². The van der Waals surface area contributed by atoms with Crippen molar-refractivity contribution in [2.75, 3.05) is 13.2 Å². The molecule has 0 aromatic rings. The Bertz CT molecular complexity index is 227. The van der Waals surface area contributed by atoms with Crippen molar-refractivity contribution in [3.63, 3.8) is 0 Å². The minimum atomic E-state index is 0.0200. The Morgan fingerprint density at radius 3 is 2.87 bits per heavy atom. The summed E-state index contributed by atoms with van der Waals surface area (Å²) in [5.41, 5.74) is 0. The average Bonchev–Trinajstić information content (AvgIpc) is 2.66. The van der Waals surface area contributed by atoms with E-state index in [1.807, 2.05) is 6.92 Å². The molecule has 2 aliphatic heterocycles. The van der Waals surface area contributed by atoms with Gasteiger partial charge in [0.1, 0.15) is 0 Å². The second-order valence-electron chi connectivity index (χ2n) is 4.48. The molecule has 0 radical (unpaired) electrons. The summed E-state index contributed by atoms with van der Waals surface area (Å²) >= 11 is 0. The molecule has 0 saturated carbocycles. The third-order valence-corrected chi connectivity index (χ3v) is 3.33. The summed E-state index contributed by atoms with van der Waals surface area (Å²) in [5, 5.41) is 6.33. The number of nitrogens with one attached hydrogen (secondary N) is 2. The molecule has 0 spiro atoms. The van der Waals surface area contributed by atoms with Gasteiger partial charge in [-0.05, 0) is 32.7 Å². The third kappa shape index (κ3) is 2.69. The standard InChI is InChI=1S/C11H20N2O2/c1-8-9(5-7-15-8)13-11(14)10-4-2-3-6-12-10/h8-10,12H,2-7H2,1H3,(H,13,14)/t8?,9?,10-/m0/s1. The van der Waals surface area contributed by atoms with Gasteiger partial charge in [0, 0.05) is 6.61 Å². The summed E-state index contributed by atoms with van der Waals surface area (Å²) in [4.78, 5) is 11.9. The average molecular weight is 212 g/mol. The molecule has 2 N–H and O–H groups in total. The Hall–Kier alpha value is -0.610. The van der Waals surface area contributed by atoms with Crippen molar-refractivity contribution in [1.29, 1.82) is 0 Å². The smallest absolute Gasteiger partial charge is 0.237 e. The van der Waals surface area contributed by atoms with Crippen LogP contribution in [-0.4, -0.2) is 37.2 Å². The molecule has 2 saturated heterocycles. The zero-order valence-electron chi connectivity index (χ0n) is 9.29. The highest BCUT2D eigenvalue weighted by atomic mass is 16.5. The number of carbonyl (C=O) groups excluding carboxylic acids is 1. The molecule has 2 unspecified atom stereocenters. The summed E-state index contributed by atoms with van der Waals surface area (Å²) in [5.74, 6) is 0.150. The van der Waals surface area contributed by atoms with E-state index in [9.17, 15) is 4.79 Å². The number of ether oxygens (including phenoxy) is 1. The molecule has 0 aliphatic carbocycles. The summed E-state index contributed by atoms with van der Waals surface area (Å²) in [6.45, 7) is 3.76. The van der Waals surface area contributed by atoms with Crippen LogP contribution in [0.5, 0.6) is 0 Å². The lowest BCUT2D eigenvalue weighted by atomic mass is 10.0. The van der Waals surface area contributed by atoms with E-state index in [-0.39, 0.29) is 24.1 Å². The molecule has 3 atom stereocenters. The van der Waals surface area contributed by atoms with Crippen molar-refractivity contribution in [1.82, 2.24) is 10.6 Å². The topological polar surface area (TPSA) is 50.4 Å². The van der Waals surface area contributed by atoms with Crippen LogP contribution in [0.3, 0.4) is 0 Å². The molecule has 0 aromatic carbocycles. The molecule has 2 aliphatic rings. The Kier molecular flexibility index (Phi) is 3.59. The van der Waals surface area contributed by atoms with Crippen LogP contribution in [0.1, 0.15) is 32.6 Å². The van der Waals surface area contributed by atoms with Gasteiger partial charge in [0.2, 0.25) is 5.91 Å². The van der Waals surface area contributed by atoms with Gasteiger partial charge in [0.15, 0.2) is 0 Å². The lowest BCUT2D eigenvalue weighted by Gasteiger charge is -2.25. The van der Waals surface area contributed by atoms with Gasteiger partial charge >= 0.3 is 0 Å². The summed E-state index contributed by atoms with van der Waals surface area (Å²) in [6, 6.07) is 0.229. The van der Waals surface area contributed by atoms with Crippen LogP contribution in [0.2, 0.25) is 0 Å². The predicted octanol–water partition coefficient (Wildman–Crippen LogP) is 0.422. The molecule has 2 rings (SSSR count). The van der Waals surface area contributed by atoms with Gasteiger partial charge in [0.25, 0.3) is 0 Å². The maximum absolute atomic E-state index is 11.9. The van der Waals surface area contributed by atoms with Crippen LogP contribution < -0.4 is 10.6 Å². The fourth-order valence-corrected chi connectivity index (χ4v) is 2.28. The van der Waals surface area contributed by atoms with Gasteiger partial charge < -0.3 is 15.4 Å². The zero-order chi connectivity index (χ0) is 10.7. The monoisotopic (exact) mass is 212 g/mol. The van der Waals surface area contributed by atoms with Gasteiger partial charge in [-0.25, -0.2) is 0 Å². The Morgan fingerprint density at radius 1 is 1.40 bits per heavy atom. The summed E-state index contributed by atoms with van der Waals surface area (Å²) in [6.07, 6.45) is 4.42. The van der Waals surface area contributed by atoms with Crippen molar-refractivity contribution in [2.45, 2.75) is 50.8 Å². The van der Waals surface area contributed by atoms with Crippen LogP contribution in [0.4, 0.5) is 0 Å². The summed E-state index contributed by atoms with van der Waals surface area (Å²) < 4.78 is 5.42. The first-order valence-corrected chi connectivity index (χ1v) is 5.93. The van der Waals surface area contributed by atoms with Crippen LogP contribution >= 0.6 is 0 Å². The fraction of sp³-hybridized carbons (Fsp3) is 0.909. The van der Waals surface area contributed by atoms with Gasteiger partial charge in [-0.3, -0.25) is 4.79 Å². The van der Waals surface area contributed by atoms with E-state index in [1.165, 1.54) is 6.42 Å². The normalized spacial score (nSPS) is 36.5. The Labute approximate surface area is 90.8 Å². The first-order chi connectivity index (χ1) is 7.27. The molecule has 0 aromatic heterocycles. The second-order valence-corrected chi connectivity index (χ2v) is 4.48. The number of amides is 1. The number of hydrogen-bond acceptors (Lipinski definition) is 3.